The van der Waals surface area contributed by atoms with E-state index in [1.807, 2.05) is 43.3 Å². The summed E-state index contributed by atoms with van der Waals surface area (Å²) in [6, 6.07) is 13.9. The Labute approximate surface area is 118 Å². The molecule has 0 amide bonds. The fourth-order valence-corrected chi connectivity index (χ4v) is 2.02. The van der Waals surface area contributed by atoms with Gasteiger partial charge in [-0.3, -0.25) is 0 Å². The Morgan fingerprint density at radius 1 is 1.30 bits per heavy atom. The van der Waals surface area contributed by atoms with Crippen molar-refractivity contribution in [2.45, 2.75) is 13.3 Å². The highest BCUT2D eigenvalue weighted by atomic mass is 16.3. The molecule has 0 aliphatic heterocycles. The molecular weight excluding hydrogens is 250 g/mol. The van der Waals surface area contributed by atoms with Crippen LogP contribution in [0.2, 0.25) is 0 Å². The number of rotatable bonds is 5. The van der Waals surface area contributed by atoms with E-state index in [9.17, 15) is 5.26 Å². The molecule has 0 unspecified atom stereocenters. The van der Waals surface area contributed by atoms with Gasteiger partial charge in [0.15, 0.2) is 0 Å². The number of aromatic nitrogens is 1. The van der Waals surface area contributed by atoms with Gasteiger partial charge in [-0.25, -0.2) is 4.98 Å². The van der Waals surface area contributed by atoms with Crippen LogP contribution in [0.4, 0.5) is 5.82 Å². The van der Waals surface area contributed by atoms with Crippen molar-refractivity contribution >= 4 is 5.82 Å². The lowest BCUT2D eigenvalue weighted by atomic mass is 10.0. The highest BCUT2D eigenvalue weighted by Crippen LogP contribution is 2.26. The van der Waals surface area contributed by atoms with E-state index in [1.165, 1.54) is 0 Å². The van der Waals surface area contributed by atoms with Gasteiger partial charge < -0.3 is 10.4 Å². The minimum absolute atomic E-state index is 0.121. The van der Waals surface area contributed by atoms with Crippen molar-refractivity contribution in [3.05, 3.63) is 47.7 Å². The molecule has 0 atom stereocenters. The van der Waals surface area contributed by atoms with Crippen LogP contribution in [0.25, 0.3) is 11.1 Å². The van der Waals surface area contributed by atoms with Crippen molar-refractivity contribution in [3.63, 3.8) is 0 Å². The first kappa shape index (κ1) is 14.0. The van der Waals surface area contributed by atoms with Gasteiger partial charge in [-0.1, -0.05) is 30.3 Å². The Bertz CT molecular complexity index is 618. The lowest BCUT2D eigenvalue weighted by Gasteiger charge is -2.11. The second-order valence-electron chi connectivity index (χ2n) is 4.50. The summed E-state index contributed by atoms with van der Waals surface area (Å²) in [6.45, 7) is 2.65. The lowest BCUT2D eigenvalue weighted by molar-refractivity contribution is 0.292. The van der Waals surface area contributed by atoms with Gasteiger partial charge in [0.1, 0.15) is 11.9 Å². The third-order valence-corrected chi connectivity index (χ3v) is 3.05. The van der Waals surface area contributed by atoms with Gasteiger partial charge in [-0.2, -0.15) is 5.26 Å². The molecule has 1 aromatic heterocycles. The molecular formula is C16H17N3O. The number of hydrogen-bond donors (Lipinski definition) is 2. The number of nitrogens with zero attached hydrogens (tertiary/aromatic N) is 2. The molecule has 0 saturated carbocycles. The fraction of sp³-hybridized carbons (Fsp3) is 0.250. The highest BCUT2D eigenvalue weighted by molar-refractivity contribution is 5.70. The van der Waals surface area contributed by atoms with Crippen molar-refractivity contribution in [2.24, 2.45) is 0 Å². The zero-order valence-electron chi connectivity index (χ0n) is 11.4. The number of anilines is 1. The van der Waals surface area contributed by atoms with Gasteiger partial charge >= 0.3 is 0 Å². The Morgan fingerprint density at radius 2 is 2.05 bits per heavy atom. The molecule has 4 nitrogen and oxygen atoms in total. The predicted molar refractivity (Wildman–Crippen MR) is 79.3 cm³/mol. The molecule has 2 rings (SSSR count). The van der Waals surface area contributed by atoms with Crippen molar-refractivity contribution in [3.8, 4) is 17.2 Å². The summed E-state index contributed by atoms with van der Waals surface area (Å²) in [7, 11) is 0. The number of hydrogen-bond acceptors (Lipinski definition) is 4. The van der Waals surface area contributed by atoms with Gasteiger partial charge in [0.05, 0.1) is 5.56 Å². The average molecular weight is 267 g/mol. The molecule has 1 heterocycles. The zero-order valence-corrected chi connectivity index (χ0v) is 11.4. The van der Waals surface area contributed by atoms with Crippen LogP contribution in [0, 0.1) is 18.3 Å². The van der Waals surface area contributed by atoms with Crippen LogP contribution in [0.3, 0.4) is 0 Å². The number of aryl methyl sites for hydroxylation is 1. The number of aliphatic hydroxyl groups excluding tert-OH is 1. The summed E-state index contributed by atoms with van der Waals surface area (Å²) in [4.78, 5) is 4.48. The topological polar surface area (TPSA) is 68.9 Å². The summed E-state index contributed by atoms with van der Waals surface area (Å²) in [6.07, 6.45) is 0.631. The minimum atomic E-state index is 0.121. The summed E-state index contributed by atoms with van der Waals surface area (Å²) in [5, 5.41) is 21.1. The first-order valence-corrected chi connectivity index (χ1v) is 6.58. The predicted octanol–water partition coefficient (Wildman–Crippen LogP) is 2.72. The van der Waals surface area contributed by atoms with Crippen LogP contribution in [-0.2, 0) is 0 Å². The molecule has 102 valence electrons. The van der Waals surface area contributed by atoms with E-state index in [-0.39, 0.29) is 6.61 Å². The summed E-state index contributed by atoms with van der Waals surface area (Å²) >= 11 is 0. The van der Waals surface area contributed by atoms with Gasteiger partial charge in [0.2, 0.25) is 0 Å². The smallest absolute Gasteiger partial charge is 0.144 e. The number of pyridine rings is 1. The number of aliphatic hydroxyl groups is 1. The second kappa shape index (κ2) is 6.69. The Balaban J connectivity index is 2.36. The van der Waals surface area contributed by atoms with Crippen LogP contribution in [0.15, 0.2) is 36.4 Å². The maximum atomic E-state index is 9.26. The quantitative estimate of drug-likeness (QED) is 0.817. The van der Waals surface area contributed by atoms with Crippen LogP contribution in [0.5, 0.6) is 0 Å². The van der Waals surface area contributed by atoms with Gasteiger partial charge in [0, 0.05) is 24.4 Å². The number of nitriles is 1. The van der Waals surface area contributed by atoms with Gasteiger partial charge in [-0.05, 0) is 25.0 Å². The summed E-state index contributed by atoms with van der Waals surface area (Å²) in [5.41, 5.74) is 3.42. The summed E-state index contributed by atoms with van der Waals surface area (Å²) in [5.74, 6) is 0.582. The Morgan fingerprint density at radius 3 is 2.70 bits per heavy atom. The average Bonchev–Trinajstić information content (AvgIpc) is 2.48. The molecule has 0 spiro atoms. The van der Waals surface area contributed by atoms with E-state index in [1.54, 1.807) is 0 Å². The molecule has 4 heteroatoms. The molecule has 0 saturated heterocycles. The SMILES string of the molecule is Cc1nc(NCCCO)c(C#N)cc1-c1ccccc1. The van der Waals surface area contributed by atoms with Gasteiger partial charge in [-0.15, -0.1) is 0 Å². The van der Waals surface area contributed by atoms with Crippen LogP contribution < -0.4 is 5.32 Å². The van der Waals surface area contributed by atoms with Crippen LogP contribution in [0.1, 0.15) is 17.7 Å². The van der Waals surface area contributed by atoms with Gasteiger partial charge in [0.25, 0.3) is 0 Å². The number of nitrogens with one attached hydrogen (secondary N) is 1. The maximum Gasteiger partial charge on any atom is 0.144 e. The highest BCUT2D eigenvalue weighted by Gasteiger charge is 2.10. The lowest BCUT2D eigenvalue weighted by Crippen LogP contribution is -2.08. The molecule has 2 N–H and O–H groups in total. The normalized spacial score (nSPS) is 10.1. The van der Waals surface area contributed by atoms with Crippen LogP contribution in [-0.4, -0.2) is 23.2 Å². The van der Waals surface area contributed by atoms with E-state index in [2.05, 4.69) is 16.4 Å². The van der Waals surface area contributed by atoms with Crippen molar-refractivity contribution in [1.82, 2.24) is 4.98 Å². The molecule has 0 fully saturated rings. The van der Waals surface area contributed by atoms with E-state index in [0.29, 0.717) is 24.3 Å². The molecule has 20 heavy (non-hydrogen) atoms. The van der Waals surface area contributed by atoms with Crippen molar-refractivity contribution < 1.29 is 5.11 Å². The third kappa shape index (κ3) is 3.14. The third-order valence-electron chi connectivity index (χ3n) is 3.05. The largest absolute Gasteiger partial charge is 0.396 e. The van der Waals surface area contributed by atoms with E-state index >= 15 is 0 Å². The standard InChI is InChI=1S/C16H17N3O/c1-12-15(13-6-3-2-4-7-13)10-14(11-17)16(19-12)18-8-5-9-20/h2-4,6-7,10,20H,5,8-9H2,1H3,(H,18,19). The number of benzene rings is 1. The fourth-order valence-electron chi connectivity index (χ4n) is 2.02. The van der Waals surface area contributed by atoms with Crippen molar-refractivity contribution in [2.75, 3.05) is 18.5 Å². The molecule has 0 bridgehead atoms. The Hall–Kier alpha value is -2.38. The summed E-state index contributed by atoms with van der Waals surface area (Å²) < 4.78 is 0. The Kier molecular flexibility index (Phi) is 4.70. The van der Waals surface area contributed by atoms with Crippen molar-refractivity contribution in [1.29, 1.82) is 5.26 Å². The first-order chi connectivity index (χ1) is 9.76. The monoisotopic (exact) mass is 267 g/mol. The van der Waals surface area contributed by atoms with Crippen LogP contribution >= 0.6 is 0 Å². The maximum absolute atomic E-state index is 9.26. The molecule has 0 radical (unpaired) electrons. The zero-order chi connectivity index (χ0) is 14.4. The molecule has 2 aromatic rings. The molecule has 1 aromatic carbocycles. The van der Waals surface area contributed by atoms with E-state index in [0.717, 1.165) is 16.8 Å². The van der Waals surface area contributed by atoms with E-state index < -0.39 is 0 Å². The second-order valence-corrected chi connectivity index (χ2v) is 4.50. The minimum Gasteiger partial charge on any atom is -0.396 e. The first-order valence-electron chi connectivity index (χ1n) is 6.58. The molecule has 0 aliphatic carbocycles. The van der Waals surface area contributed by atoms with E-state index in [4.69, 9.17) is 5.11 Å². The molecule has 0 aliphatic rings.